The van der Waals surface area contributed by atoms with E-state index in [0.29, 0.717) is 37.0 Å². The van der Waals surface area contributed by atoms with Crippen LogP contribution in [0.2, 0.25) is 0 Å². The molecule has 0 aliphatic carbocycles. The Labute approximate surface area is 154 Å². The predicted molar refractivity (Wildman–Crippen MR) is 98.1 cm³/mol. The van der Waals surface area contributed by atoms with Crippen LogP contribution in [-0.4, -0.2) is 56.4 Å². The SMILES string of the molecule is COc1cncc(CNc2nc(C(O)N3CC(O)C3)c3sccc3n2)c1. The summed E-state index contributed by atoms with van der Waals surface area (Å²) in [5.74, 6) is 1.12. The van der Waals surface area contributed by atoms with E-state index in [0.717, 1.165) is 15.8 Å². The first-order valence-corrected chi connectivity index (χ1v) is 9.09. The summed E-state index contributed by atoms with van der Waals surface area (Å²) in [5, 5.41) is 25.2. The number of nitrogens with one attached hydrogen (secondary N) is 1. The number of aliphatic hydroxyl groups excluding tert-OH is 2. The number of pyridine rings is 1. The Morgan fingerprint density at radius 3 is 3.00 bits per heavy atom. The van der Waals surface area contributed by atoms with Crippen LogP contribution in [0.1, 0.15) is 17.5 Å². The molecule has 0 spiro atoms. The van der Waals surface area contributed by atoms with Gasteiger partial charge >= 0.3 is 0 Å². The minimum absolute atomic E-state index is 0.386. The van der Waals surface area contributed by atoms with Crippen molar-refractivity contribution in [2.45, 2.75) is 18.9 Å². The van der Waals surface area contributed by atoms with E-state index in [1.807, 2.05) is 17.5 Å². The molecule has 3 aromatic rings. The van der Waals surface area contributed by atoms with E-state index in [1.165, 1.54) is 11.3 Å². The normalized spacial score (nSPS) is 16.4. The average Bonchev–Trinajstić information content (AvgIpc) is 3.11. The van der Waals surface area contributed by atoms with E-state index in [-0.39, 0.29) is 6.10 Å². The zero-order valence-electron chi connectivity index (χ0n) is 14.2. The molecule has 26 heavy (non-hydrogen) atoms. The highest BCUT2D eigenvalue weighted by Crippen LogP contribution is 2.31. The molecule has 1 unspecified atom stereocenters. The van der Waals surface area contributed by atoms with Crippen molar-refractivity contribution in [2.24, 2.45) is 0 Å². The molecule has 9 heteroatoms. The fourth-order valence-electron chi connectivity index (χ4n) is 2.85. The van der Waals surface area contributed by atoms with E-state index in [4.69, 9.17) is 4.74 Å². The molecule has 0 bridgehead atoms. The van der Waals surface area contributed by atoms with Gasteiger partial charge in [0, 0.05) is 25.8 Å². The van der Waals surface area contributed by atoms with Crippen molar-refractivity contribution < 1.29 is 14.9 Å². The third kappa shape index (κ3) is 3.34. The first-order valence-electron chi connectivity index (χ1n) is 8.21. The largest absolute Gasteiger partial charge is 0.495 e. The van der Waals surface area contributed by atoms with Crippen LogP contribution in [0.5, 0.6) is 5.75 Å². The number of rotatable bonds is 6. The van der Waals surface area contributed by atoms with Gasteiger partial charge in [0.2, 0.25) is 5.95 Å². The van der Waals surface area contributed by atoms with Gasteiger partial charge < -0.3 is 20.3 Å². The van der Waals surface area contributed by atoms with Crippen LogP contribution in [0.15, 0.2) is 29.9 Å². The lowest BCUT2D eigenvalue weighted by atomic mass is 10.1. The number of ether oxygens (including phenoxy) is 1. The Bertz CT molecular complexity index is 912. The zero-order chi connectivity index (χ0) is 18.1. The Morgan fingerprint density at radius 1 is 1.38 bits per heavy atom. The number of methoxy groups -OCH3 is 1. The molecule has 8 nitrogen and oxygen atoms in total. The van der Waals surface area contributed by atoms with Gasteiger partial charge in [0.25, 0.3) is 0 Å². The Kier molecular flexibility index (Phi) is 4.68. The third-order valence-corrected chi connectivity index (χ3v) is 5.19. The first kappa shape index (κ1) is 17.1. The highest BCUT2D eigenvalue weighted by atomic mass is 32.1. The Hall–Kier alpha value is -2.33. The van der Waals surface area contributed by atoms with Crippen molar-refractivity contribution in [1.82, 2.24) is 19.9 Å². The molecule has 1 aliphatic rings. The maximum atomic E-state index is 10.6. The van der Waals surface area contributed by atoms with Crippen LogP contribution in [-0.2, 0) is 6.54 Å². The number of fused-ring (bicyclic) bond motifs is 1. The molecular formula is C17H19N5O3S. The third-order valence-electron chi connectivity index (χ3n) is 4.27. The van der Waals surface area contributed by atoms with Crippen LogP contribution in [0.3, 0.4) is 0 Å². The number of hydrogen-bond donors (Lipinski definition) is 3. The number of hydrogen-bond acceptors (Lipinski definition) is 9. The summed E-state index contributed by atoms with van der Waals surface area (Å²) in [6.07, 6.45) is 2.15. The number of thiophene rings is 1. The van der Waals surface area contributed by atoms with Gasteiger partial charge in [-0.3, -0.25) is 9.88 Å². The maximum Gasteiger partial charge on any atom is 0.223 e. The summed E-state index contributed by atoms with van der Waals surface area (Å²) in [7, 11) is 1.60. The summed E-state index contributed by atoms with van der Waals surface area (Å²) in [6, 6.07) is 3.79. The number of anilines is 1. The van der Waals surface area contributed by atoms with Crippen molar-refractivity contribution in [3.8, 4) is 5.75 Å². The second kappa shape index (κ2) is 7.12. The molecule has 3 N–H and O–H groups in total. The van der Waals surface area contributed by atoms with Gasteiger partial charge in [-0.1, -0.05) is 0 Å². The lowest BCUT2D eigenvalue weighted by Gasteiger charge is -2.38. The molecule has 3 aromatic heterocycles. The second-order valence-corrected chi connectivity index (χ2v) is 7.05. The second-order valence-electron chi connectivity index (χ2n) is 6.14. The fourth-order valence-corrected chi connectivity index (χ4v) is 3.69. The van der Waals surface area contributed by atoms with Crippen molar-refractivity contribution in [1.29, 1.82) is 0 Å². The molecular weight excluding hydrogens is 354 g/mol. The van der Waals surface area contributed by atoms with Gasteiger partial charge in [-0.2, -0.15) is 0 Å². The molecule has 1 aliphatic heterocycles. The quantitative estimate of drug-likeness (QED) is 0.595. The Morgan fingerprint density at radius 2 is 2.23 bits per heavy atom. The summed E-state index contributed by atoms with van der Waals surface area (Å²) in [4.78, 5) is 14.9. The molecule has 4 heterocycles. The zero-order valence-corrected chi connectivity index (χ0v) is 15.0. The summed E-state index contributed by atoms with van der Waals surface area (Å²) >= 11 is 1.49. The van der Waals surface area contributed by atoms with Gasteiger partial charge in [0.15, 0.2) is 6.23 Å². The summed E-state index contributed by atoms with van der Waals surface area (Å²) < 4.78 is 6.03. The molecule has 0 saturated carbocycles. The average molecular weight is 373 g/mol. The fraction of sp³-hybridized carbons (Fsp3) is 0.353. The van der Waals surface area contributed by atoms with E-state index < -0.39 is 6.23 Å². The maximum absolute atomic E-state index is 10.6. The number of aromatic nitrogens is 3. The van der Waals surface area contributed by atoms with Crippen LogP contribution in [0.4, 0.5) is 5.95 Å². The highest BCUT2D eigenvalue weighted by Gasteiger charge is 2.32. The van der Waals surface area contributed by atoms with Crippen LogP contribution in [0, 0.1) is 0 Å². The van der Waals surface area contributed by atoms with E-state index >= 15 is 0 Å². The monoisotopic (exact) mass is 373 g/mol. The minimum Gasteiger partial charge on any atom is -0.495 e. The number of β-amino-alcohol motifs (C(OH)–C–C–N with tert-alkyl or cyclic N) is 1. The van der Waals surface area contributed by atoms with Crippen molar-refractivity contribution in [3.05, 3.63) is 41.2 Å². The van der Waals surface area contributed by atoms with Gasteiger partial charge in [0.05, 0.1) is 29.6 Å². The highest BCUT2D eigenvalue weighted by molar-refractivity contribution is 7.17. The molecule has 1 atom stereocenters. The standard InChI is InChI=1S/C17H19N5O3S/c1-25-12-4-10(5-18-7-12)6-19-17-20-13-2-3-26-15(13)14(21-17)16(24)22-8-11(23)9-22/h2-5,7,11,16,23-24H,6,8-9H2,1H3,(H,19,20,21). The molecule has 0 amide bonds. The smallest absolute Gasteiger partial charge is 0.223 e. The first-order chi connectivity index (χ1) is 12.6. The van der Waals surface area contributed by atoms with Crippen LogP contribution < -0.4 is 10.1 Å². The van der Waals surface area contributed by atoms with E-state index in [9.17, 15) is 10.2 Å². The number of likely N-dealkylation sites (tertiary alicyclic amines) is 1. The molecule has 0 radical (unpaired) electrons. The molecule has 1 fully saturated rings. The van der Waals surface area contributed by atoms with Crippen LogP contribution >= 0.6 is 11.3 Å². The summed E-state index contributed by atoms with van der Waals surface area (Å²) in [6.45, 7) is 1.37. The van der Waals surface area contributed by atoms with E-state index in [1.54, 1.807) is 24.4 Å². The molecule has 1 saturated heterocycles. The number of aliphatic hydroxyl groups is 2. The van der Waals surface area contributed by atoms with Gasteiger partial charge in [-0.05, 0) is 23.1 Å². The lowest BCUT2D eigenvalue weighted by Crippen LogP contribution is -2.52. The van der Waals surface area contributed by atoms with E-state index in [2.05, 4.69) is 20.3 Å². The van der Waals surface area contributed by atoms with Gasteiger partial charge in [-0.15, -0.1) is 11.3 Å². The lowest BCUT2D eigenvalue weighted by molar-refractivity contribution is -0.102. The Balaban J connectivity index is 1.57. The summed E-state index contributed by atoms with van der Waals surface area (Å²) in [5.41, 5.74) is 2.28. The van der Waals surface area contributed by atoms with Crippen molar-refractivity contribution >= 4 is 27.5 Å². The topological polar surface area (TPSA) is 104 Å². The minimum atomic E-state index is -0.860. The van der Waals surface area contributed by atoms with Gasteiger partial charge in [-0.25, -0.2) is 9.97 Å². The molecule has 136 valence electrons. The molecule has 4 rings (SSSR count). The van der Waals surface area contributed by atoms with Crippen molar-refractivity contribution in [2.75, 3.05) is 25.5 Å². The number of nitrogens with zero attached hydrogens (tertiary/aromatic N) is 4. The van der Waals surface area contributed by atoms with Crippen LogP contribution in [0.25, 0.3) is 10.2 Å². The van der Waals surface area contributed by atoms with Gasteiger partial charge in [0.1, 0.15) is 11.4 Å². The predicted octanol–water partition coefficient (Wildman–Crippen LogP) is 1.37. The van der Waals surface area contributed by atoms with Crippen molar-refractivity contribution in [3.63, 3.8) is 0 Å². The molecule has 0 aromatic carbocycles.